The number of aromatic amines is 1. The highest BCUT2D eigenvalue weighted by atomic mass is 32.2. The number of nitrogens with zero attached hydrogens (tertiary/aromatic N) is 2. The molecular weight excluding hydrogens is 444 g/mol. The number of likely N-dealkylation sites (tertiary alicyclic amines) is 1. The second-order valence-corrected chi connectivity index (χ2v) is 9.43. The molecule has 0 saturated carbocycles. The minimum atomic E-state index is -0.0677. The number of H-pyrrole nitrogens is 1. The van der Waals surface area contributed by atoms with Crippen molar-refractivity contribution in [2.45, 2.75) is 23.8 Å². The summed E-state index contributed by atoms with van der Waals surface area (Å²) in [4.78, 5) is 35.3. The standard InChI is InChI=1S/C27H26N4O2S/c32-25(28-22-6-2-1-3-7-22)20-14-16-31(17-15-20)26(33)21-12-10-19(11-13-21)18-34-27-29-23-8-4-5-9-24(23)30-27/h1-13,20H,14-18H2,(H,28,32)(H,29,30). The summed E-state index contributed by atoms with van der Waals surface area (Å²) in [6, 6.07) is 25.3. The molecule has 2 heterocycles. The van der Waals surface area contributed by atoms with Gasteiger partial charge in [0.15, 0.2) is 5.16 Å². The summed E-state index contributed by atoms with van der Waals surface area (Å²) < 4.78 is 0. The van der Waals surface area contributed by atoms with Gasteiger partial charge in [0, 0.05) is 36.0 Å². The topological polar surface area (TPSA) is 78.1 Å². The first kappa shape index (κ1) is 22.2. The van der Waals surface area contributed by atoms with E-state index in [1.807, 2.05) is 83.8 Å². The molecule has 172 valence electrons. The van der Waals surface area contributed by atoms with Crippen LogP contribution in [0.25, 0.3) is 11.0 Å². The minimum Gasteiger partial charge on any atom is -0.339 e. The molecule has 1 saturated heterocycles. The number of nitrogens with one attached hydrogen (secondary N) is 2. The molecule has 1 aliphatic heterocycles. The van der Waals surface area contributed by atoms with E-state index in [1.54, 1.807) is 11.8 Å². The van der Waals surface area contributed by atoms with Crippen molar-refractivity contribution in [2.75, 3.05) is 18.4 Å². The third-order valence-electron chi connectivity index (χ3n) is 6.14. The Morgan fingerprint density at radius 2 is 1.65 bits per heavy atom. The number of carbonyl (C=O) groups is 2. The van der Waals surface area contributed by atoms with Crippen LogP contribution in [-0.2, 0) is 10.5 Å². The highest BCUT2D eigenvalue weighted by Crippen LogP contribution is 2.24. The van der Waals surface area contributed by atoms with Gasteiger partial charge in [0.25, 0.3) is 5.91 Å². The van der Waals surface area contributed by atoms with E-state index in [4.69, 9.17) is 0 Å². The van der Waals surface area contributed by atoms with Crippen LogP contribution >= 0.6 is 11.8 Å². The highest BCUT2D eigenvalue weighted by Gasteiger charge is 2.27. The third kappa shape index (κ3) is 5.15. The van der Waals surface area contributed by atoms with Crippen molar-refractivity contribution in [2.24, 2.45) is 5.92 Å². The normalized spacial score (nSPS) is 14.3. The number of benzene rings is 3. The van der Waals surface area contributed by atoms with Gasteiger partial charge in [-0.1, -0.05) is 54.2 Å². The maximum atomic E-state index is 13.0. The minimum absolute atomic E-state index is 0.0263. The zero-order valence-corrected chi connectivity index (χ0v) is 19.6. The molecule has 0 bridgehead atoms. The molecule has 34 heavy (non-hydrogen) atoms. The Morgan fingerprint density at radius 1 is 0.941 bits per heavy atom. The van der Waals surface area contributed by atoms with Gasteiger partial charge in [-0.05, 0) is 54.8 Å². The molecule has 4 aromatic rings. The van der Waals surface area contributed by atoms with Crippen molar-refractivity contribution in [3.63, 3.8) is 0 Å². The molecule has 0 unspecified atom stereocenters. The van der Waals surface area contributed by atoms with E-state index in [0.29, 0.717) is 31.5 Å². The average molecular weight is 471 g/mol. The molecular formula is C27H26N4O2S. The zero-order chi connectivity index (χ0) is 23.3. The van der Waals surface area contributed by atoms with Crippen molar-refractivity contribution < 1.29 is 9.59 Å². The van der Waals surface area contributed by atoms with Crippen LogP contribution in [0.1, 0.15) is 28.8 Å². The second kappa shape index (κ2) is 10.1. The van der Waals surface area contributed by atoms with E-state index < -0.39 is 0 Å². The Hall–Kier alpha value is -3.58. The van der Waals surface area contributed by atoms with Crippen LogP contribution in [0.3, 0.4) is 0 Å². The number of thioether (sulfide) groups is 1. The highest BCUT2D eigenvalue weighted by molar-refractivity contribution is 7.98. The fourth-order valence-corrected chi connectivity index (χ4v) is 5.03. The largest absolute Gasteiger partial charge is 0.339 e. The fraction of sp³-hybridized carbons (Fsp3) is 0.222. The summed E-state index contributed by atoms with van der Waals surface area (Å²) in [5, 5.41) is 3.86. The zero-order valence-electron chi connectivity index (χ0n) is 18.7. The van der Waals surface area contributed by atoms with Gasteiger partial charge in [-0.3, -0.25) is 9.59 Å². The molecule has 3 aromatic carbocycles. The van der Waals surface area contributed by atoms with Crippen molar-refractivity contribution in [1.29, 1.82) is 0 Å². The summed E-state index contributed by atoms with van der Waals surface area (Å²) in [5.74, 6) is 0.765. The average Bonchev–Trinajstić information content (AvgIpc) is 3.31. The van der Waals surface area contributed by atoms with Crippen molar-refractivity contribution in [1.82, 2.24) is 14.9 Å². The number of para-hydroxylation sites is 3. The molecule has 5 rings (SSSR count). The lowest BCUT2D eigenvalue weighted by Crippen LogP contribution is -2.41. The molecule has 0 spiro atoms. The van der Waals surface area contributed by atoms with Crippen LogP contribution in [0.5, 0.6) is 0 Å². The number of hydrogen-bond acceptors (Lipinski definition) is 4. The van der Waals surface area contributed by atoms with E-state index in [2.05, 4.69) is 15.3 Å². The predicted molar refractivity (Wildman–Crippen MR) is 136 cm³/mol. The van der Waals surface area contributed by atoms with Crippen LogP contribution in [0, 0.1) is 5.92 Å². The lowest BCUT2D eigenvalue weighted by atomic mass is 9.95. The smallest absolute Gasteiger partial charge is 0.253 e. The molecule has 0 radical (unpaired) electrons. The number of aromatic nitrogens is 2. The summed E-state index contributed by atoms with van der Waals surface area (Å²) in [6.07, 6.45) is 1.35. The number of hydrogen-bond donors (Lipinski definition) is 2. The van der Waals surface area contributed by atoms with Gasteiger partial charge < -0.3 is 15.2 Å². The molecule has 2 N–H and O–H groups in total. The molecule has 1 fully saturated rings. The summed E-state index contributed by atoms with van der Waals surface area (Å²) in [6.45, 7) is 1.19. The van der Waals surface area contributed by atoms with Gasteiger partial charge in [-0.15, -0.1) is 0 Å². The predicted octanol–water partition coefficient (Wildman–Crippen LogP) is 5.35. The number of imidazole rings is 1. The fourth-order valence-electron chi connectivity index (χ4n) is 4.19. The van der Waals surface area contributed by atoms with E-state index in [-0.39, 0.29) is 17.7 Å². The van der Waals surface area contributed by atoms with Crippen LogP contribution in [0.15, 0.2) is 84.0 Å². The number of anilines is 1. The van der Waals surface area contributed by atoms with E-state index in [0.717, 1.165) is 33.2 Å². The van der Waals surface area contributed by atoms with Crippen LogP contribution < -0.4 is 5.32 Å². The molecule has 0 aliphatic carbocycles. The Bertz CT molecular complexity index is 1250. The number of fused-ring (bicyclic) bond motifs is 1. The first-order valence-electron chi connectivity index (χ1n) is 11.5. The van der Waals surface area contributed by atoms with E-state index in [9.17, 15) is 9.59 Å². The van der Waals surface area contributed by atoms with Gasteiger partial charge in [0.05, 0.1) is 11.0 Å². The van der Waals surface area contributed by atoms with E-state index in [1.165, 1.54) is 0 Å². The van der Waals surface area contributed by atoms with Gasteiger partial charge in [0.1, 0.15) is 0 Å². The first-order valence-corrected chi connectivity index (χ1v) is 12.5. The number of piperidine rings is 1. The molecule has 2 amide bonds. The van der Waals surface area contributed by atoms with Crippen LogP contribution in [0.4, 0.5) is 5.69 Å². The molecule has 7 heteroatoms. The Balaban J connectivity index is 1.12. The first-order chi connectivity index (χ1) is 16.7. The molecule has 0 atom stereocenters. The molecule has 6 nitrogen and oxygen atoms in total. The quantitative estimate of drug-likeness (QED) is 0.373. The lowest BCUT2D eigenvalue weighted by Gasteiger charge is -2.31. The van der Waals surface area contributed by atoms with E-state index >= 15 is 0 Å². The SMILES string of the molecule is O=C(Nc1ccccc1)C1CCN(C(=O)c2ccc(CSc3nc4ccccc4[nH]3)cc2)CC1. The number of carbonyl (C=O) groups excluding carboxylic acids is 2. The van der Waals surface area contributed by atoms with Crippen LogP contribution in [-0.4, -0.2) is 39.8 Å². The maximum Gasteiger partial charge on any atom is 0.253 e. The van der Waals surface area contributed by atoms with Gasteiger partial charge in [-0.25, -0.2) is 4.98 Å². The lowest BCUT2D eigenvalue weighted by molar-refractivity contribution is -0.121. The third-order valence-corrected chi connectivity index (χ3v) is 7.08. The Morgan fingerprint density at radius 3 is 2.38 bits per heavy atom. The molecule has 1 aromatic heterocycles. The monoisotopic (exact) mass is 470 g/mol. The summed E-state index contributed by atoms with van der Waals surface area (Å²) >= 11 is 1.65. The second-order valence-electron chi connectivity index (χ2n) is 8.47. The van der Waals surface area contributed by atoms with Crippen LogP contribution in [0.2, 0.25) is 0 Å². The summed E-state index contributed by atoms with van der Waals surface area (Å²) in [5.41, 5.74) is 4.63. The maximum absolute atomic E-state index is 13.0. The van der Waals surface area contributed by atoms with Gasteiger partial charge >= 0.3 is 0 Å². The summed E-state index contributed by atoms with van der Waals surface area (Å²) in [7, 11) is 0. The van der Waals surface area contributed by atoms with Gasteiger partial charge in [-0.2, -0.15) is 0 Å². The Kier molecular flexibility index (Phi) is 6.62. The van der Waals surface area contributed by atoms with Crippen molar-refractivity contribution in [3.05, 3.63) is 90.0 Å². The molecule has 1 aliphatic rings. The van der Waals surface area contributed by atoms with Crippen molar-refractivity contribution >= 4 is 40.3 Å². The van der Waals surface area contributed by atoms with Gasteiger partial charge in [0.2, 0.25) is 5.91 Å². The van der Waals surface area contributed by atoms with Crippen molar-refractivity contribution in [3.8, 4) is 0 Å². The number of amides is 2. The Labute approximate surface area is 202 Å². The number of rotatable bonds is 6.